The third kappa shape index (κ3) is 3.25. The topological polar surface area (TPSA) is 0 Å². The van der Waals surface area contributed by atoms with E-state index in [1.54, 1.807) is 0 Å². The first-order valence-electron chi connectivity index (χ1n) is 5.34. The Morgan fingerprint density at radius 3 is 1.40 bits per heavy atom. The molecule has 0 amide bonds. The Balaban J connectivity index is 1.81. The number of hydrogen-bond donors (Lipinski definition) is 0. The minimum absolute atomic E-state index is 1.05. The van der Waals surface area contributed by atoms with E-state index in [9.17, 15) is 0 Å². The highest BCUT2D eigenvalue weighted by atomic mass is 14.0. The maximum Gasteiger partial charge on any atom is -0.0616 e. The molecule has 0 fully saturated rings. The van der Waals surface area contributed by atoms with Gasteiger partial charge in [-0.2, -0.15) is 12.8 Å². The van der Waals surface area contributed by atoms with Crippen molar-refractivity contribution < 1.29 is 0 Å². The van der Waals surface area contributed by atoms with Crippen molar-refractivity contribution in [3.8, 4) is 0 Å². The Hall–Kier alpha value is -1.56. The van der Waals surface area contributed by atoms with Crippen LogP contribution in [-0.4, -0.2) is 0 Å². The normalized spacial score (nSPS) is 10.1. The number of hydrogen-bond acceptors (Lipinski definition) is 0. The predicted molar refractivity (Wildman–Crippen MR) is 64.6 cm³/mol. The Kier molecular flexibility index (Phi) is 3.56. The van der Waals surface area contributed by atoms with E-state index in [1.165, 1.54) is 11.1 Å². The van der Waals surface area contributed by atoms with Gasteiger partial charge in [0.1, 0.15) is 0 Å². The molecular formula is C15H15-. The van der Waals surface area contributed by atoms with Gasteiger partial charge in [-0.25, -0.2) is 0 Å². The van der Waals surface area contributed by atoms with Crippen molar-refractivity contribution in [3.63, 3.8) is 0 Å². The molecule has 0 unspecified atom stereocenters. The average molecular weight is 195 g/mol. The zero-order valence-electron chi connectivity index (χ0n) is 8.77. The summed E-state index contributed by atoms with van der Waals surface area (Å²) in [7, 11) is 0. The first-order valence-corrected chi connectivity index (χ1v) is 5.34. The Morgan fingerprint density at radius 2 is 1.00 bits per heavy atom. The second-order valence-corrected chi connectivity index (χ2v) is 3.67. The molecule has 0 radical (unpaired) electrons. The van der Waals surface area contributed by atoms with Gasteiger partial charge in [0.15, 0.2) is 0 Å². The summed E-state index contributed by atoms with van der Waals surface area (Å²) in [5.74, 6) is 0. The minimum atomic E-state index is 1.05. The third-order valence-electron chi connectivity index (χ3n) is 2.45. The molecule has 0 nitrogen and oxygen atoms in total. The molecule has 0 heteroatoms. The SMILES string of the molecule is c1ccc(C[CH-]Cc2ccccc2)cc1. The van der Waals surface area contributed by atoms with E-state index >= 15 is 0 Å². The molecule has 0 saturated heterocycles. The molecular weight excluding hydrogens is 180 g/mol. The Morgan fingerprint density at radius 1 is 0.600 bits per heavy atom. The van der Waals surface area contributed by atoms with E-state index in [0.29, 0.717) is 0 Å². The maximum atomic E-state index is 2.32. The lowest BCUT2D eigenvalue weighted by Crippen LogP contribution is -1.90. The van der Waals surface area contributed by atoms with Crippen LogP contribution >= 0.6 is 0 Å². The molecule has 0 N–H and O–H groups in total. The fourth-order valence-electron chi connectivity index (χ4n) is 1.63. The molecule has 0 atom stereocenters. The van der Waals surface area contributed by atoms with Crippen LogP contribution in [0.1, 0.15) is 11.1 Å². The summed E-state index contributed by atoms with van der Waals surface area (Å²) < 4.78 is 0. The van der Waals surface area contributed by atoms with E-state index in [-0.39, 0.29) is 0 Å². The van der Waals surface area contributed by atoms with E-state index in [0.717, 1.165) is 12.8 Å². The number of rotatable bonds is 4. The summed E-state index contributed by atoms with van der Waals surface area (Å²) in [6.45, 7) is 0. The minimum Gasteiger partial charge on any atom is -0.320 e. The van der Waals surface area contributed by atoms with Crippen molar-refractivity contribution in [1.82, 2.24) is 0 Å². The van der Waals surface area contributed by atoms with E-state index in [4.69, 9.17) is 0 Å². The van der Waals surface area contributed by atoms with Gasteiger partial charge in [0.2, 0.25) is 0 Å². The summed E-state index contributed by atoms with van der Waals surface area (Å²) in [5.41, 5.74) is 2.77. The summed E-state index contributed by atoms with van der Waals surface area (Å²) >= 11 is 0. The molecule has 0 aliphatic rings. The first kappa shape index (κ1) is 9.97. The summed E-state index contributed by atoms with van der Waals surface area (Å²) in [5, 5.41) is 0. The summed E-state index contributed by atoms with van der Waals surface area (Å²) in [4.78, 5) is 0. The van der Waals surface area contributed by atoms with Gasteiger partial charge in [0, 0.05) is 0 Å². The van der Waals surface area contributed by atoms with Gasteiger partial charge in [0.25, 0.3) is 0 Å². The van der Waals surface area contributed by atoms with E-state index in [2.05, 4.69) is 67.1 Å². The van der Waals surface area contributed by atoms with E-state index < -0.39 is 0 Å². The van der Waals surface area contributed by atoms with Crippen molar-refractivity contribution in [2.75, 3.05) is 0 Å². The molecule has 0 bridgehead atoms. The maximum absolute atomic E-state index is 2.32. The summed E-state index contributed by atoms with van der Waals surface area (Å²) in [6, 6.07) is 21.1. The molecule has 0 aliphatic carbocycles. The second kappa shape index (κ2) is 5.35. The molecule has 2 rings (SSSR count). The zero-order valence-corrected chi connectivity index (χ0v) is 8.77. The average Bonchev–Trinajstić information content (AvgIpc) is 2.32. The van der Waals surface area contributed by atoms with Gasteiger partial charge in [-0.1, -0.05) is 71.8 Å². The number of benzene rings is 2. The standard InChI is InChI=1S/C15H15/c1-3-8-14(9-4-1)12-7-13-15-10-5-2-6-11-15/h1-11H,12-13H2/q-1. The highest BCUT2D eigenvalue weighted by Gasteiger charge is 1.85. The fraction of sp³-hybridized carbons (Fsp3) is 0.133. The summed E-state index contributed by atoms with van der Waals surface area (Å²) in [6.07, 6.45) is 4.43. The third-order valence-corrected chi connectivity index (χ3v) is 2.45. The molecule has 0 heterocycles. The van der Waals surface area contributed by atoms with Gasteiger partial charge < -0.3 is 6.42 Å². The highest BCUT2D eigenvalue weighted by Crippen LogP contribution is 2.06. The lowest BCUT2D eigenvalue weighted by Gasteiger charge is -2.11. The van der Waals surface area contributed by atoms with Gasteiger partial charge in [-0.05, 0) is 0 Å². The lowest BCUT2D eigenvalue weighted by molar-refractivity contribution is 1.03. The largest absolute Gasteiger partial charge is 0.320 e. The van der Waals surface area contributed by atoms with Crippen molar-refractivity contribution in [3.05, 3.63) is 78.2 Å². The second-order valence-electron chi connectivity index (χ2n) is 3.67. The Bertz CT molecular complexity index is 336. The lowest BCUT2D eigenvalue weighted by atomic mass is 10.0. The molecule has 0 saturated carbocycles. The van der Waals surface area contributed by atoms with Gasteiger partial charge in [0.05, 0.1) is 0 Å². The van der Waals surface area contributed by atoms with Crippen molar-refractivity contribution in [2.45, 2.75) is 12.8 Å². The van der Waals surface area contributed by atoms with Crippen LogP contribution in [0.5, 0.6) is 0 Å². The van der Waals surface area contributed by atoms with Gasteiger partial charge >= 0.3 is 0 Å². The fourth-order valence-corrected chi connectivity index (χ4v) is 1.63. The van der Waals surface area contributed by atoms with Crippen LogP contribution in [0.25, 0.3) is 0 Å². The molecule has 2 aromatic carbocycles. The van der Waals surface area contributed by atoms with Crippen molar-refractivity contribution in [1.29, 1.82) is 0 Å². The first-order chi connectivity index (χ1) is 7.45. The van der Waals surface area contributed by atoms with Crippen molar-refractivity contribution in [2.24, 2.45) is 0 Å². The van der Waals surface area contributed by atoms with Crippen LogP contribution in [0, 0.1) is 6.42 Å². The van der Waals surface area contributed by atoms with Crippen LogP contribution in [-0.2, 0) is 12.8 Å². The zero-order chi connectivity index (χ0) is 10.3. The van der Waals surface area contributed by atoms with Crippen LogP contribution < -0.4 is 0 Å². The highest BCUT2D eigenvalue weighted by molar-refractivity contribution is 5.20. The predicted octanol–water partition coefficient (Wildman–Crippen LogP) is 3.68. The van der Waals surface area contributed by atoms with Crippen LogP contribution in [0.3, 0.4) is 0 Å². The van der Waals surface area contributed by atoms with Crippen LogP contribution in [0.4, 0.5) is 0 Å². The molecule has 0 spiro atoms. The molecule has 0 aliphatic heterocycles. The van der Waals surface area contributed by atoms with Gasteiger partial charge in [-0.15, -0.1) is 0 Å². The Labute approximate surface area is 91.6 Å². The van der Waals surface area contributed by atoms with E-state index in [1.807, 2.05) is 0 Å². The molecule has 15 heavy (non-hydrogen) atoms. The quantitative estimate of drug-likeness (QED) is 0.653. The monoisotopic (exact) mass is 195 g/mol. The molecule has 76 valence electrons. The van der Waals surface area contributed by atoms with Crippen LogP contribution in [0.15, 0.2) is 60.7 Å². The van der Waals surface area contributed by atoms with Gasteiger partial charge in [-0.3, -0.25) is 0 Å². The van der Waals surface area contributed by atoms with Crippen LogP contribution in [0.2, 0.25) is 0 Å². The smallest absolute Gasteiger partial charge is 0.0616 e. The molecule has 2 aromatic rings. The van der Waals surface area contributed by atoms with Crippen molar-refractivity contribution >= 4 is 0 Å². The molecule has 0 aromatic heterocycles.